The van der Waals surface area contributed by atoms with E-state index in [1.165, 1.54) is 7.11 Å². The van der Waals surface area contributed by atoms with Crippen LogP contribution in [0.2, 0.25) is 0 Å². The van der Waals surface area contributed by atoms with E-state index in [1.807, 2.05) is 38.1 Å². The van der Waals surface area contributed by atoms with Crippen molar-refractivity contribution in [1.29, 1.82) is 0 Å². The van der Waals surface area contributed by atoms with Gasteiger partial charge in [-0.2, -0.15) is 0 Å². The molecule has 0 atom stereocenters. The Morgan fingerprint density at radius 3 is 2.17 bits per heavy atom. The number of nitrogens with one attached hydrogen (secondary N) is 2. The lowest BCUT2D eigenvalue weighted by Crippen LogP contribution is -2.15. The van der Waals surface area contributed by atoms with Gasteiger partial charge in [0.15, 0.2) is 0 Å². The van der Waals surface area contributed by atoms with Crippen molar-refractivity contribution in [2.45, 2.75) is 20.8 Å². The molecular formula is C23H22N2O4S. The molecule has 0 aliphatic rings. The highest BCUT2D eigenvalue weighted by Gasteiger charge is 2.27. The predicted octanol–water partition coefficient (Wildman–Crippen LogP) is 4.96. The summed E-state index contributed by atoms with van der Waals surface area (Å²) in [4.78, 5) is 38.3. The van der Waals surface area contributed by atoms with E-state index in [1.54, 1.807) is 31.2 Å². The van der Waals surface area contributed by atoms with E-state index < -0.39 is 5.97 Å². The Morgan fingerprint density at radius 1 is 0.867 bits per heavy atom. The molecule has 7 heteroatoms. The Bertz CT molecular complexity index is 1120. The lowest BCUT2D eigenvalue weighted by Gasteiger charge is -2.08. The number of thiophene rings is 1. The van der Waals surface area contributed by atoms with E-state index in [-0.39, 0.29) is 22.4 Å². The fourth-order valence-electron chi connectivity index (χ4n) is 2.99. The van der Waals surface area contributed by atoms with Crippen LogP contribution in [0, 0.1) is 20.8 Å². The molecule has 2 aromatic carbocycles. The maximum atomic E-state index is 12.8. The molecule has 30 heavy (non-hydrogen) atoms. The maximum Gasteiger partial charge on any atom is 0.341 e. The van der Waals surface area contributed by atoms with Gasteiger partial charge in [0.05, 0.1) is 17.6 Å². The molecule has 0 spiro atoms. The third-order valence-corrected chi connectivity index (χ3v) is 5.87. The number of methoxy groups -OCH3 is 1. The first-order valence-electron chi connectivity index (χ1n) is 9.28. The van der Waals surface area contributed by atoms with Crippen molar-refractivity contribution in [3.05, 3.63) is 81.2 Å². The molecule has 2 N–H and O–H groups in total. The summed E-state index contributed by atoms with van der Waals surface area (Å²) in [5.74, 6) is -1.33. The van der Waals surface area contributed by atoms with Gasteiger partial charge < -0.3 is 15.4 Å². The zero-order valence-electron chi connectivity index (χ0n) is 17.2. The quantitative estimate of drug-likeness (QED) is 0.569. The number of rotatable bonds is 5. The van der Waals surface area contributed by atoms with Crippen LogP contribution >= 0.6 is 11.3 Å². The molecule has 0 aliphatic heterocycles. The van der Waals surface area contributed by atoms with Gasteiger partial charge in [-0.15, -0.1) is 11.3 Å². The summed E-state index contributed by atoms with van der Waals surface area (Å²) in [5, 5.41) is 5.87. The van der Waals surface area contributed by atoms with Crippen molar-refractivity contribution in [3.8, 4) is 0 Å². The molecule has 154 valence electrons. The number of aryl methyl sites for hydroxylation is 2. The number of ether oxygens (including phenoxy) is 1. The Labute approximate surface area is 178 Å². The lowest BCUT2D eigenvalue weighted by molar-refractivity contribution is 0.0601. The molecule has 1 heterocycles. The molecule has 0 radical (unpaired) electrons. The number of carbonyl (C=O) groups is 3. The average molecular weight is 423 g/mol. The number of amides is 2. The minimum atomic E-state index is -0.613. The first kappa shape index (κ1) is 21.3. The molecule has 0 fully saturated rings. The van der Waals surface area contributed by atoms with Crippen LogP contribution < -0.4 is 10.6 Å². The second kappa shape index (κ2) is 8.92. The summed E-state index contributed by atoms with van der Waals surface area (Å²) < 4.78 is 4.88. The summed E-state index contributed by atoms with van der Waals surface area (Å²) in [5.41, 5.74) is 3.65. The van der Waals surface area contributed by atoms with Gasteiger partial charge in [-0.25, -0.2) is 4.79 Å². The third kappa shape index (κ3) is 4.41. The molecule has 1 aromatic heterocycles. The summed E-state index contributed by atoms with van der Waals surface area (Å²) in [7, 11) is 1.26. The van der Waals surface area contributed by atoms with Gasteiger partial charge in [0.1, 0.15) is 5.00 Å². The molecule has 2 amide bonds. The van der Waals surface area contributed by atoms with Crippen LogP contribution in [0.4, 0.5) is 10.7 Å². The van der Waals surface area contributed by atoms with E-state index >= 15 is 0 Å². The molecule has 3 aromatic rings. The molecule has 3 rings (SSSR count). The summed E-state index contributed by atoms with van der Waals surface area (Å²) in [6.45, 7) is 5.45. The second-order valence-electron chi connectivity index (χ2n) is 6.84. The van der Waals surface area contributed by atoms with Crippen LogP contribution in [0.1, 0.15) is 47.1 Å². The molecule has 0 saturated carbocycles. The Hall–Kier alpha value is -3.45. The van der Waals surface area contributed by atoms with Crippen molar-refractivity contribution >= 4 is 39.8 Å². The van der Waals surface area contributed by atoms with E-state index in [0.29, 0.717) is 21.7 Å². The number of esters is 1. The Morgan fingerprint density at radius 2 is 1.53 bits per heavy atom. The minimum Gasteiger partial charge on any atom is -0.465 e. The zero-order chi connectivity index (χ0) is 21.8. The Balaban J connectivity index is 1.94. The monoisotopic (exact) mass is 422 g/mol. The van der Waals surface area contributed by atoms with E-state index in [0.717, 1.165) is 22.5 Å². The fourth-order valence-corrected chi connectivity index (χ4v) is 4.07. The minimum absolute atomic E-state index is 0.179. The number of benzene rings is 2. The van der Waals surface area contributed by atoms with E-state index in [9.17, 15) is 14.4 Å². The number of anilines is 2. The van der Waals surface area contributed by atoms with Crippen molar-refractivity contribution in [2.75, 3.05) is 17.7 Å². The summed E-state index contributed by atoms with van der Waals surface area (Å²) in [6, 6.07) is 14.5. The number of hydrogen-bond donors (Lipinski definition) is 2. The van der Waals surface area contributed by atoms with Crippen molar-refractivity contribution < 1.29 is 19.1 Å². The smallest absolute Gasteiger partial charge is 0.341 e. The van der Waals surface area contributed by atoms with Gasteiger partial charge in [-0.05, 0) is 50.1 Å². The largest absolute Gasteiger partial charge is 0.465 e. The molecule has 0 aliphatic carbocycles. The molecule has 0 bridgehead atoms. The first-order valence-corrected chi connectivity index (χ1v) is 10.1. The van der Waals surface area contributed by atoms with Gasteiger partial charge in [0.2, 0.25) is 0 Å². The van der Waals surface area contributed by atoms with E-state index in [2.05, 4.69) is 10.6 Å². The maximum absolute atomic E-state index is 12.8. The van der Waals surface area contributed by atoms with Gasteiger partial charge in [0.25, 0.3) is 11.8 Å². The SMILES string of the molecule is COC(=O)c1c(NC(=O)c2ccccc2C)sc(C(=O)Nc2ccc(C)cc2)c1C. The van der Waals surface area contributed by atoms with Crippen molar-refractivity contribution in [2.24, 2.45) is 0 Å². The van der Waals surface area contributed by atoms with Crippen LogP contribution in [-0.4, -0.2) is 24.9 Å². The molecule has 6 nitrogen and oxygen atoms in total. The molecule has 0 saturated heterocycles. The van der Waals surface area contributed by atoms with Crippen LogP contribution in [-0.2, 0) is 4.74 Å². The third-order valence-electron chi connectivity index (χ3n) is 4.67. The van der Waals surface area contributed by atoms with Gasteiger partial charge in [-0.3, -0.25) is 9.59 Å². The highest BCUT2D eigenvalue weighted by Crippen LogP contribution is 2.34. The van der Waals surface area contributed by atoms with E-state index in [4.69, 9.17) is 4.74 Å². The second-order valence-corrected chi connectivity index (χ2v) is 7.86. The standard InChI is InChI=1S/C23H22N2O4S/c1-13-9-11-16(12-10-13)24-21(27)19-15(3)18(23(28)29-4)22(30-19)25-20(26)17-8-6-5-7-14(17)2/h5-12H,1-4H3,(H,24,27)(H,25,26). The first-order chi connectivity index (χ1) is 14.3. The zero-order valence-corrected chi connectivity index (χ0v) is 18.0. The predicted molar refractivity (Wildman–Crippen MR) is 119 cm³/mol. The van der Waals surface area contributed by atoms with Gasteiger partial charge in [-0.1, -0.05) is 35.9 Å². The molecule has 0 unspecified atom stereocenters. The summed E-state index contributed by atoms with van der Waals surface area (Å²) >= 11 is 1.04. The van der Waals surface area contributed by atoms with Crippen LogP contribution in [0.15, 0.2) is 48.5 Å². The van der Waals surface area contributed by atoms with Crippen LogP contribution in [0.3, 0.4) is 0 Å². The topological polar surface area (TPSA) is 84.5 Å². The number of carbonyl (C=O) groups excluding carboxylic acids is 3. The normalized spacial score (nSPS) is 10.4. The molecular weight excluding hydrogens is 400 g/mol. The lowest BCUT2D eigenvalue weighted by atomic mass is 10.1. The van der Waals surface area contributed by atoms with Crippen molar-refractivity contribution in [3.63, 3.8) is 0 Å². The van der Waals surface area contributed by atoms with Gasteiger partial charge in [0, 0.05) is 11.3 Å². The highest BCUT2D eigenvalue weighted by molar-refractivity contribution is 7.19. The average Bonchev–Trinajstić information content (AvgIpc) is 3.05. The van der Waals surface area contributed by atoms with Crippen LogP contribution in [0.25, 0.3) is 0 Å². The van der Waals surface area contributed by atoms with Crippen molar-refractivity contribution in [1.82, 2.24) is 0 Å². The summed E-state index contributed by atoms with van der Waals surface area (Å²) in [6.07, 6.45) is 0. The Kier molecular flexibility index (Phi) is 6.32. The highest BCUT2D eigenvalue weighted by atomic mass is 32.1. The fraction of sp³-hybridized carbons (Fsp3) is 0.174. The number of hydrogen-bond acceptors (Lipinski definition) is 5. The van der Waals surface area contributed by atoms with Crippen LogP contribution in [0.5, 0.6) is 0 Å². The van der Waals surface area contributed by atoms with Gasteiger partial charge >= 0.3 is 5.97 Å².